The quantitative estimate of drug-likeness (QED) is 0.0864. The van der Waals surface area contributed by atoms with E-state index in [9.17, 15) is 0 Å². The SMILES string of the molecule is [B]C1OC(COC)C(C(C)CC)C1OCCCCCCCCCCCCCCCCCCCCCC. The highest BCUT2D eigenvalue weighted by Gasteiger charge is 2.44. The van der Waals surface area contributed by atoms with E-state index in [1.807, 2.05) is 0 Å². The van der Waals surface area contributed by atoms with E-state index in [2.05, 4.69) is 20.8 Å². The molecule has 5 atom stereocenters. The normalized spacial score (nSPS) is 22.9. The molecule has 0 aliphatic carbocycles. The summed E-state index contributed by atoms with van der Waals surface area (Å²) < 4.78 is 17.6. The Kier molecular flexibility index (Phi) is 22.7. The number of ether oxygens (including phenoxy) is 3. The van der Waals surface area contributed by atoms with E-state index >= 15 is 0 Å². The molecule has 1 aliphatic heterocycles. The van der Waals surface area contributed by atoms with Crippen LogP contribution in [-0.2, 0) is 14.2 Å². The third kappa shape index (κ3) is 16.0. The zero-order chi connectivity index (χ0) is 26.3. The number of hydrogen-bond donors (Lipinski definition) is 0. The molecule has 36 heavy (non-hydrogen) atoms. The molecule has 1 heterocycles. The van der Waals surface area contributed by atoms with Crippen LogP contribution < -0.4 is 0 Å². The molecule has 0 saturated carbocycles. The maximum absolute atomic E-state index is 6.27. The van der Waals surface area contributed by atoms with Gasteiger partial charge < -0.3 is 14.2 Å². The summed E-state index contributed by atoms with van der Waals surface area (Å²) in [5.74, 6) is 0.855. The van der Waals surface area contributed by atoms with Gasteiger partial charge in [0, 0.05) is 25.6 Å². The molecule has 0 amide bonds. The van der Waals surface area contributed by atoms with Crippen molar-refractivity contribution < 1.29 is 14.2 Å². The minimum atomic E-state index is -0.325. The van der Waals surface area contributed by atoms with Crippen molar-refractivity contribution in [1.82, 2.24) is 0 Å². The van der Waals surface area contributed by atoms with Crippen LogP contribution in [0, 0.1) is 11.8 Å². The van der Waals surface area contributed by atoms with Gasteiger partial charge in [-0.25, -0.2) is 0 Å². The van der Waals surface area contributed by atoms with Crippen molar-refractivity contribution in [3.63, 3.8) is 0 Å². The van der Waals surface area contributed by atoms with Crippen molar-refractivity contribution in [2.24, 2.45) is 11.8 Å². The summed E-state index contributed by atoms with van der Waals surface area (Å²) in [5.41, 5.74) is 0. The van der Waals surface area contributed by atoms with Gasteiger partial charge in [0.15, 0.2) is 0 Å². The molecule has 0 N–H and O–H groups in total. The van der Waals surface area contributed by atoms with Gasteiger partial charge in [-0.15, -0.1) is 0 Å². The predicted molar refractivity (Wildman–Crippen MR) is 157 cm³/mol. The van der Waals surface area contributed by atoms with Crippen LogP contribution in [0.4, 0.5) is 0 Å². The Morgan fingerprint density at radius 2 is 1.08 bits per heavy atom. The van der Waals surface area contributed by atoms with Gasteiger partial charge in [0.2, 0.25) is 0 Å². The highest BCUT2D eigenvalue weighted by molar-refractivity contribution is 6.11. The second kappa shape index (κ2) is 24.0. The molecule has 1 saturated heterocycles. The van der Waals surface area contributed by atoms with E-state index in [0.29, 0.717) is 18.4 Å². The molecule has 0 aromatic heterocycles. The fourth-order valence-corrected chi connectivity index (χ4v) is 5.86. The molecule has 2 radical (unpaired) electrons. The largest absolute Gasteiger partial charge is 0.382 e. The molecule has 0 aromatic rings. The van der Waals surface area contributed by atoms with Crippen molar-refractivity contribution in [3.05, 3.63) is 0 Å². The molecule has 1 fully saturated rings. The van der Waals surface area contributed by atoms with Crippen molar-refractivity contribution in [2.45, 2.75) is 174 Å². The molecule has 4 heteroatoms. The lowest BCUT2D eigenvalue weighted by Gasteiger charge is -2.28. The van der Waals surface area contributed by atoms with Gasteiger partial charge in [-0.3, -0.25) is 0 Å². The highest BCUT2D eigenvalue weighted by atomic mass is 16.6. The summed E-state index contributed by atoms with van der Waals surface area (Å²) in [7, 11) is 8.00. The average Bonchev–Trinajstić information content (AvgIpc) is 3.19. The zero-order valence-corrected chi connectivity index (χ0v) is 25.0. The number of rotatable bonds is 26. The predicted octanol–water partition coefficient (Wildman–Crippen LogP) is 9.40. The van der Waals surface area contributed by atoms with E-state index in [1.54, 1.807) is 7.11 Å². The maximum Gasteiger partial charge on any atom is 0.112 e. The first kappa shape index (κ1) is 34.0. The lowest BCUT2D eigenvalue weighted by atomic mass is 9.79. The smallest absolute Gasteiger partial charge is 0.112 e. The Hall–Kier alpha value is -0.0551. The molecule has 0 bridgehead atoms. The topological polar surface area (TPSA) is 27.7 Å². The van der Waals surface area contributed by atoms with Gasteiger partial charge in [-0.2, -0.15) is 0 Å². The Morgan fingerprint density at radius 1 is 0.667 bits per heavy atom. The van der Waals surface area contributed by atoms with Gasteiger partial charge in [-0.1, -0.05) is 149 Å². The molecular weight excluding hydrogens is 443 g/mol. The molecule has 1 aliphatic rings. The van der Waals surface area contributed by atoms with E-state index in [-0.39, 0.29) is 18.2 Å². The van der Waals surface area contributed by atoms with Crippen LogP contribution >= 0.6 is 0 Å². The first-order chi connectivity index (χ1) is 17.7. The third-order valence-electron chi connectivity index (χ3n) is 8.40. The van der Waals surface area contributed by atoms with Crippen LogP contribution in [0.15, 0.2) is 0 Å². The van der Waals surface area contributed by atoms with Crippen LogP contribution in [-0.4, -0.2) is 46.4 Å². The molecule has 3 nitrogen and oxygen atoms in total. The van der Waals surface area contributed by atoms with Crippen LogP contribution in [0.3, 0.4) is 0 Å². The zero-order valence-electron chi connectivity index (χ0n) is 25.0. The number of unbranched alkanes of at least 4 members (excludes halogenated alkanes) is 19. The molecule has 212 valence electrons. The lowest BCUT2D eigenvalue weighted by molar-refractivity contribution is 0.0000698. The first-order valence-electron chi connectivity index (χ1n) is 16.2. The molecule has 0 spiro atoms. The molecule has 5 unspecified atom stereocenters. The van der Waals surface area contributed by atoms with E-state index in [1.165, 1.54) is 122 Å². The van der Waals surface area contributed by atoms with Gasteiger partial charge in [-0.05, 0) is 12.3 Å². The maximum atomic E-state index is 6.27. The molecule has 0 aromatic carbocycles. The summed E-state index contributed by atoms with van der Waals surface area (Å²) in [5, 5.41) is 0. The van der Waals surface area contributed by atoms with Gasteiger partial charge in [0.25, 0.3) is 0 Å². The van der Waals surface area contributed by atoms with E-state index in [0.717, 1.165) is 19.4 Å². The summed E-state index contributed by atoms with van der Waals surface area (Å²) in [6.45, 7) is 8.21. The minimum absolute atomic E-state index is 0.000389. The second-order valence-electron chi connectivity index (χ2n) is 11.6. The second-order valence-corrected chi connectivity index (χ2v) is 11.6. The van der Waals surface area contributed by atoms with E-state index < -0.39 is 0 Å². The Morgan fingerprint density at radius 3 is 1.47 bits per heavy atom. The number of methoxy groups -OCH3 is 1. The molecule has 1 rings (SSSR count). The summed E-state index contributed by atoms with van der Waals surface area (Å²) >= 11 is 0. The van der Waals surface area contributed by atoms with Crippen molar-refractivity contribution >= 4 is 7.85 Å². The van der Waals surface area contributed by atoms with Crippen molar-refractivity contribution in [1.29, 1.82) is 0 Å². The van der Waals surface area contributed by atoms with Gasteiger partial charge in [0.1, 0.15) is 7.85 Å². The fourth-order valence-electron chi connectivity index (χ4n) is 5.86. The van der Waals surface area contributed by atoms with E-state index in [4.69, 9.17) is 22.1 Å². The summed E-state index contributed by atoms with van der Waals surface area (Å²) in [4.78, 5) is 0. The number of hydrogen-bond acceptors (Lipinski definition) is 3. The van der Waals surface area contributed by atoms with Crippen LogP contribution in [0.5, 0.6) is 0 Å². The first-order valence-corrected chi connectivity index (χ1v) is 16.2. The minimum Gasteiger partial charge on any atom is -0.382 e. The Bertz CT molecular complexity index is 461. The Balaban J connectivity index is 1.87. The summed E-state index contributed by atoms with van der Waals surface area (Å²) in [6.07, 6.45) is 29.3. The lowest BCUT2D eigenvalue weighted by Crippen LogP contribution is -2.36. The fraction of sp³-hybridized carbons (Fsp3) is 1.00. The Labute approximate surface area is 228 Å². The third-order valence-corrected chi connectivity index (χ3v) is 8.40. The molecular formula is C32H63BO3. The highest BCUT2D eigenvalue weighted by Crippen LogP contribution is 2.35. The monoisotopic (exact) mass is 506 g/mol. The average molecular weight is 507 g/mol. The van der Waals surface area contributed by atoms with Gasteiger partial charge >= 0.3 is 0 Å². The van der Waals surface area contributed by atoms with Crippen LogP contribution in [0.25, 0.3) is 0 Å². The van der Waals surface area contributed by atoms with Crippen molar-refractivity contribution in [2.75, 3.05) is 20.3 Å². The summed E-state index contributed by atoms with van der Waals surface area (Å²) in [6, 6.07) is -0.325. The van der Waals surface area contributed by atoms with Crippen molar-refractivity contribution in [3.8, 4) is 0 Å². The standard InChI is InChI=1S/C32H63BO3/c1-5-7-8-9-10-11-12-13-14-15-16-17-18-19-20-21-22-23-24-25-26-35-31-30(28(3)6-2)29(27-34-4)36-32(31)33/h28-32H,5-27H2,1-4H3. The van der Waals surface area contributed by atoms with Crippen LogP contribution in [0.2, 0.25) is 0 Å². The van der Waals surface area contributed by atoms with Gasteiger partial charge in [0.05, 0.1) is 18.8 Å². The van der Waals surface area contributed by atoms with Crippen LogP contribution in [0.1, 0.15) is 156 Å².